The fourth-order valence-corrected chi connectivity index (χ4v) is 4.56. The predicted octanol–water partition coefficient (Wildman–Crippen LogP) is 2.26. The minimum atomic E-state index is -3.79. The third kappa shape index (κ3) is 3.33. The molecule has 4 rings (SSSR count). The molecular formula is C20H19N3O5S. The number of likely N-dealkylation sites (N-methyl/N-ethyl adjacent to an activating group) is 1. The van der Waals surface area contributed by atoms with Crippen molar-refractivity contribution < 1.29 is 22.7 Å². The van der Waals surface area contributed by atoms with Crippen LogP contribution in [0.25, 0.3) is 10.9 Å². The molecule has 0 unspecified atom stereocenters. The molecule has 9 heteroatoms. The van der Waals surface area contributed by atoms with Crippen LogP contribution in [0.3, 0.4) is 0 Å². The van der Waals surface area contributed by atoms with Gasteiger partial charge in [-0.05, 0) is 37.3 Å². The Hall–Kier alpha value is -3.33. The van der Waals surface area contributed by atoms with E-state index in [1.165, 1.54) is 15.1 Å². The van der Waals surface area contributed by atoms with E-state index in [-0.39, 0.29) is 17.4 Å². The first-order valence-corrected chi connectivity index (χ1v) is 10.4. The monoisotopic (exact) mass is 413 g/mol. The second kappa shape index (κ2) is 6.93. The first-order chi connectivity index (χ1) is 13.8. The lowest BCUT2D eigenvalue weighted by Crippen LogP contribution is -2.44. The summed E-state index contributed by atoms with van der Waals surface area (Å²) in [6.07, 6.45) is 0.863. The van der Waals surface area contributed by atoms with Gasteiger partial charge in [0, 0.05) is 24.3 Å². The van der Waals surface area contributed by atoms with Crippen molar-refractivity contribution in [3.63, 3.8) is 0 Å². The van der Waals surface area contributed by atoms with Crippen molar-refractivity contribution in [2.24, 2.45) is 0 Å². The van der Waals surface area contributed by atoms with Gasteiger partial charge in [-0.3, -0.25) is 4.79 Å². The van der Waals surface area contributed by atoms with E-state index in [0.29, 0.717) is 11.2 Å². The van der Waals surface area contributed by atoms with Crippen LogP contribution in [0.15, 0.2) is 59.6 Å². The van der Waals surface area contributed by atoms with Gasteiger partial charge in [0.2, 0.25) is 0 Å². The minimum Gasteiger partial charge on any atom is -0.447 e. The second-order valence-corrected chi connectivity index (χ2v) is 8.68. The fraction of sp³-hybridized carbons (Fsp3) is 0.200. The number of ether oxygens (including phenoxy) is 1. The number of cyclic esters (lactones) is 1. The molecule has 150 valence electrons. The summed E-state index contributed by atoms with van der Waals surface area (Å²) >= 11 is 0. The van der Waals surface area contributed by atoms with Gasteiger partial charge in [0.1, 0.15) is 12.6 Å². The number of amides is 2. The highest BCUT2D eigenvalue weighted by Gasteiger charge is 2.31. The van der Waals surface area contributed by atoms with Crippen LogP contribution in [-0.4, -0.2) is 44.1 Å². The summed E-state index contributed by atoms with van der Waals surface area (Å²) in [7, 11) is -2.22. The molecular weight excluding hydrogens is 394 g/mol. The molecule has 1 saturated heterocycles. The number of hydrogen-bond acceptors (Lipinski definition) is 5. The van der Waals surface area contributed by atoms with E-state index < -0.39 is 22.2 Å². The zero-order chi connectivity index (χ0) is 20.8. The molecule has 8 nitrogen and oxygen atoms in total. The van der Waals surface area contributed by atoms with Gasteiger partial charge in [-0.2, -0.15) is 0 Å². The van der Waals surface area contributed by atoms with E-state index in [0.717, 1.165) is 10.9 Å². The Kier molecular flexibility index (Phi) is 4.54. The molecule has 1 N–H and O–H groups in total. The molecule has 3 aromatic rings. The van der Waals surface area contributed by atoms with Crippen molar-refractivity contribution >= 4 is 38.6 Å². The number of hydrogen-bond donors (Lipinski definition) is 1. The van der Waals surface area contributed by atoms with Gasteiger partial charge in [0.25, 0.3) is 15.9 Å². The van der Waals surface area contributed by atoms with Crippen LogP contribution in [0.5, 0.6) is 0 Å². The van der Waals surface area contributed by atoms with Crippen molar-refractivity contribution in [1.82, 2.24) is 9.29 Å². The van der Waals surface area contributed by atoms with Crippen molar-refractivity contribution in [3.8, 4) is 0 Å². The summed E-state index contributed by atoms with van der Waals surface area (Å²) in [6.45, 7) is 1.85. The number of benzene rings is 2. The van der Waals surface area contributed by atoms with Crippen molar-refractivity contribution in [2.75, 3.05) is 18.6 Å². The van der Waals surface area contributed by atoms with Crippen LogP contribution in [0.2, 0.25) is 0 Å². The molecule has 0 bridgehead atoms. The largest absolute Gasteiger partial charge is 0.447 e. The lowest BCUT2D eigenvalue weighted by atomic mass is 10.2. The zero-order valence-electron chi connectivity index (χ0n) is 15.8. The number of aryl methyl sites for hydroxylation is 1. The van der Waals surface area contributed by atoms with Crippen LogP contribution < -0.4 is 10.2 Å². The van der Waals surface area contributed by atoms with Gasteiger partial charge in [-0.1, -0.05) is 23.8 Å². The average molecular weight is 413 g/mol. The molecule has 1 aliphatic rings. The quantitative estimate of drug-likeness (QED) is 0.708. The Morgan fingerprint density at radius 2 is 1.90 bits per heavy atom. The molecule has 0 spiro atoms. The lowest BCUT2D eigenvalue weighted by molar-refractivity contribution is -0.120. The van der Waals surface area contributed by atoms with Crippen LogP contribution in [-0.2, 0) is 19.6 Å². The maximum atomic E-state index is 13.1. The van der Waals surface area contributed by atoms with Gasteiger partial charge < -0.3 is 15.0 Å². The zero-order valence-corrected chi connectivity index (χ0v) is 16.6. The first kappa shape index (κ1) is 19.0. The molecule has 0 aliphatic carbocycles. The summed E-state index contributed by atoms with van der Waals surface area (Å²) in [5.74, 6) is -0.352. The van der Waals surface area contributed by atoms with Crippen LogP contribution in [0.1, 0.15) is 5.56 Å². The Bertz CT molecular complexity index is 1210. The maximum Gasteiger partial charge on any atom is 0.407 e. The molecule has 29 heavy (non-hydrogen) atoms. The first-order valence-electron chi connectivity index (χ1n) is 8.91. The number of rotatable bonds is 4. The molecule has 2 heterocycles. The molecule has 1 atom stereocenters. The maximum absolute atomic E-state index is 13.1. The summed E-state index contributed by atoms with van der Waals surface area (Å²) in [6, 6.07) is 12.7. The van der Waals surface area contributed by atoms with Gasteiger partial charge in [0.05, 0.1) is 10.4 Å². The van der Waals surface area contributed by atoms with E-state index in [9.17, 15) is 18.0 Å². The third-order valence-electron chi connectivity index (χ3n) is 4.91. The van der Waals surface area contributed by atoms with E-state index in [1.807, 2.05) is 6.92 Å². The summed E-state index contributed by atoms with van der Waals surface area (Å²) in [5.41, 5.74) is 1.92. The number of carbonyl (C=O) groups excluding carboxylic acids is 2. The average Bonchev–Trinajstić information content (AvgIpc) is 3.33. The number of fused-ring (bicyclic) bond motifs is 1. The fourth-order valence-electron chi connectivity index (χ4n) is 3.21. The SMILES string of the molecule is Cc1ccc(S(=O)(=O)n2ccc3ccc(N(C)C(=O)[C@@H]4COC(=O)N4)cc32)cc1. The molecule has 0 saturated carbocycles. The minimum absolute atomic E-state index is 0.0393. The predicted molar refractivity (Wildman–Crippen MR) is 107 cm³/mol. The van der Waals surface area contributed by atoms with Gasteiger partial charge in [-0.25, -0.2) is 17.2 Å². The van der Waals surface area contributed by atoms with Crippen LogP contribution in [0.4, 0.5) is 10.5 Å². The Morgan fingerprint density at radius 3 is 2.55 bits per heavy atom. The molecule has 1 aromatic heterocycles. The molecule has 2 amide bonds. The Morgan fingerprint density at radius 1 is 1.17 bits per heavy atom. The van der Waals surface area contributed by atoms with Crippen molar-refractivity contribution in [1.29, 1.82) is 0 Å². The molecule has 2 aromatic carbocycles. The van der Waals surface area contributed by atoms with E-state index in [2.05, 4.69) is 5.32 Å². The Labute approximate surface area is 167 Å². The number of anilines is 1. The lowest BCUT2D eigenvalue weighted by Gasteiger charge is -2.20. The van der Waals surface area contributed by atoms with E-state index in [1.54, 1.807) is 55.6 Å². The summed E-state index contributed by atoms with van der Waals surface area (Å²) in [4.78, 5) is 25.4. The number of aromatic nitrogens is 1. The number of carbonyl (C=O) groups is 2. The summed E-state index contributed by atoms with van der Waals surface area (Å²) in [5, 5.41) is 3.17. The molecule has 0 radical (unpaired) electrons. The van der Waals surface area contributed by atoms with Crippen LogP contribution in [0, 0.1) is 6.92 Å². The normalized spacial score (nSPS) is 16.5. The van der Waals surface area contributed by atoms with E-state index in [4.69, 9.17) is 4.74 Å². The van der Waals surface area contributed by atoms with Gasteiger partial charge in [0.15, 0.2) is 0 Å². The highest BCUT2D eigenvalue weighted by molar-refractivity contribution is 7.90. The van der Waals surface area contributed by atoms with Crippen molar-refractivity contribution in [2.45, 2.75) is 17.9 Å². The third-order valence-corrected chi connectivity index (χ3v) is 6.61. The van der Waals surface area contributed by atoms with Crippen LogP contribution >= 0.6 is 0 Å². The molecule has 1 aliphatic heterocycles. The highest BCUT2D eigenvalue weighted by Crippen LogP contribution is 2.27. The topological polar surface area (TPSA) is 97.7 Å². The number of alkyl carbamates (subject to hydrolysis) is 1. The smallest absolute Gasteiger partial charge is 0.407 e. The standard InChI is InChI=1S/C20H19N3O5S/c1-13-3-7-16(8-4-13)29(26,27)23-10-9-14-5-6-15(11-18(14)23)22(2)19(24)17-12-28-20(25)21-17/h3-11,17H,12H2,1-2H3,(H,21,25)/t17-/m0/s1. The number of nitrogens with one attached hydrogen (secondary N) is 1. The number of nitrogens with zero attached hydrogens (tertiary/aromatic N) is 2. The molecule has 1 fully saturated rings. The second-order valence-electron chi connectivity index (χ2n) is 6.87. The van der Waals surface area contributed by atoms with Gasteiger partial charge >= 0.3 is 6.09 Å². The van der Waals surface area contributed by atoms with Gasteiger partial charge in [-0.15, -0.1) is 0 Å². The highest BCUT2D eigenvalue weighted by atomic mass is 32.2. The Balaban J connectivity index is 1.72. The van der Waals surface area contributed by atoms with Crippen molar-refractivity contribution in [3.05, 3.63) is 60.3 Å². The van der Waals surface area contributed by atoms with E-state index >= 15 is 0 Å². The summed E-state index contributed by atoms with van der Waals surface area (Å²) < 4.78 is 32.2.